The summed E-state index contributed by atoms with van der Waals surface area (Å²) in [6.07, 6.45) is 0. The second kappa shape index (κ2) is 9.89. The van der Waals surface area contributed by atoms with Gasteiger partial charge in [0.15, 0.2) is 0 Å². The van der Waals surface area contributed by atoms with Crippen molar-refractivity contribution in [1.29, 1.82) is 0 Å². The zero-order chi connectivity index (χ0) is 11.2. The van der Waals surface area contributed by atoms with Gasteiger partial charge in [0.05, 0.1) is 0 Å². The van der Waals surface area contributed by atoms with Crippen LogP contribution in [0, 0.1) is 0 Å². The number of benzene rings is 2. The molecule has 0 aliphatic rings. The predicted octanol–water partition coefficient (Wildman–Crippen LogP) is 1.89. The van der Waals surface area contributed by atoms with Crippen molar-refractivity contribution in [3.8, 4) is 0 Å². The fourth-order valence-electron chi connectivity index (χ4n) is 1.70. The van der Waals surface area contributed by atoms with Crippen molar-refractivity contribution in [3.05, 3.63) is 60.7 Å². The predicted molar refractivity (Wildman–Crippen MR) is 87.9 cm³/mol. The van der Waals surface area contributed by atoms with Crippen LogP contribution < -0.4 is 8.85 Å². The highest BCUT2D eigenvalue weighted by Crippen LogP contribution is 1.94. The Hall–Kier alpha value is 0.0194. The molecule has 0 fully saturated rings. The van der Waals surface area contributed by atoms with Crippen molar-refractivity contribution in [1.82, 2.24) is 0 Å². The summed E-state index contributed by atoms with van der Waals surface area (Å²) in [5.74, 6) is 0. The first-order valence-electron chi connectivity index (χ1n) is 5.19. The maximum atomic E-state index is 5.86. The SMILES string of the molecule is Cl.Cl.Cl[SiH2][O][Al]([c]1ccccc1)[c]1ccccc1. The minimum atomic E-state index is -1.52. The molecular formula is C12H14AlCl3OSi. The molecule has 0 aromatic heterocycles. The number of hydrogen-bond donors (Lipinski definition) is 0. The van der Waals surface area contributed by atoms with Crippen LogP contribution in [0.4, 0.5) is 0 Å². The van der Waals surface area contributed by atoms with Gasteiger partial charge in [0.25, 0.3) is 0 Å². The van der Waals surface area contributed by atoms with Gasteiger partial charge in [-0.25, -0.2) is 0 Å². The molecule has 0 aliphatic carbocycles. The molecule has 0 unspecified atom stereocenters. The monoisotopic (exact) mass is 334 g/mol. The molecule has 2 aromatic carbocycles. The van der Waals surface area contributed by atoms with E-state index >= 15 is 0 Å². The van der Waals surface area contributed by atoms with Crippen LogP contribution in [0.3, 0.4) is 0 Å². The lowest BCUT2D eigenvalue weighted by Gasteiger charge is -2.11. The highest BCUT2D eigenvalue weighted by molar-refractivity contribution is 6.96. The third kappa shape index (κ3) is 4.95. The molecule has 96 valence electrons. The quantitative estimate of drug-likeness (QED) is 0.612. The summed E-state index contributed by atoms with van der Waals surface area (Å²) in [6, 6.07) is 20.8. The van der Waals surface area contributed by atoms with Crippen molar-refractivity contribution < 1.29 is 3.48 Å². The van der Waals surface area contributed by atoms with Gasteiger partial charge >= 0.3 is 14.5 Å². The smallest absolute Gasteiger partial charge is 0.532 e. The topological polar surface area (TPSA) is 9.23 Å². The van der Waals surface area contributed by atoms with Gasteiger partial charge in [-0.1, -0.05) is 69.5 Å². The van der Waals surface area contributed by atoms with Gasteiger partial charge in [0, 0.05) is 0 Å². The molecule has 0 amide bonds. The third-order valence-electron chi connectivity index (χ3n) is 2.43. The van der Waals surface area contributed by atoms with Crippen LogP contribution in [-0.4, -0.2) is 23.6 Å². The third-order valence-corrected chi connectivity index (χ3v) is 7.39. The summed E-state index contributed by atoms with van der Waals surface area (Å²) in [5.41, 5.74) is 0. The van der Waals surface area contributed by atoms with Crippen LogP contribution in [0.15, 0.2) is 60.7 Å². The first-order chi connectivity index (χ1) is 7.92. The van der Waals surface area contributed by atoms with E-state index < -0.39 is 23.6 Å². The Bertz CT molecular complexity index is 390. The van der Waals surface area contributed by atoms with Gasteiger partial charge in [-0.3, -0.25) is 0 Å². The first-order valence-corrected chi connectivity index (χ1v) is 9.53. The van der Waals surface area contributed by atoms with E-state index in [1.807, 2.05) is 12.1 Å². The average Bonchev–Trinajstić information content (AvgIpc) is 2.38. The molecule has 0 N–H and O–H groups in total. The van der Waals surface area contributed by atoms with Gasteiger partial charge in [0.2, 0.25) is 9.07 Å². The zero-order valence-electron chi connectivity index (χ0n) is 9.66. The van der Waals surface area contributed by atoms with Gasteiger partial charge in [-0.05, 0) is 0 Å². The number of halogens is 3. The van der Waals surface area contributed by atoms with Crippen LogP contribution in [0.1, 0.15) is 0 Å². The van der Waals surface area contributed by atoms with Gasteiger partial charge in [-0.15, -0.1) is 35.9 Å². The molecule has 0 bridgehead atoms. The lowest BCUT2D eigenvalue weighted by Crippen LogP contribution is -2.45. The lowest BCUT2D eigenvalue weighted by atomic mass is 10.4. The van der Waals surface area contributed by atoms with Crippen molar-refractivity contribution >= 4 is 68.3 Å². The fourth-order valence-corrected chi connectivity index (χ4v) is 6.41. The van der Waals surface area contributed by atoms with Gasteiger partial charge in [0.1, 0.15) is 0 Å². The van der Waals surface area contributed by atoms with Crippen molar-refractivity contribution in [2.75, 3.05) is 0 Å². The van der Waals surface area contributed by atoms with E-state index in [1.165, 1.54) is 8.85 Å². The zero-order valence-corrected chi connectivity index (χ0v) is 14.6. The van der Waals surface area contributed by atoms with E-state index in [0.29, 0.717) is 0 Å². The van der Waals surface area contributed by atoms with Gasteiger partial charge < -0.3 is 3.48 Å². The Labute approximate surface area is 132 Å². The largest absolute Gasteiger partial charge is 0.533 e. The highest BCUT2D eigenvalue weighted by atomic mass is 35.6. The fraction of sp³-hybridized carbons (Fsp3) is 0. The van der Waals surface area contributed by atoms with Crippen molar-refractivity contribution in [3.63, 3.8) is 0 Å². The molecule has 6 heteroatoms. The van der Waals surface area contributed by atoms with E-state index in [2.05, 4.69) is 48.5 Å². The molecule has 0 aliphatic heterocycles. The molecule has 2 aromatic rings. The Balaban J connectivity index is 0.00000144. The Kier molecular flexibility index (Phi) is 9.90. The average molecular weight is 336 g/mol. The summed E-state index contributed by atoms with van der Waals surface area (Å²) >= 11 is 4.33. The minimum Gasteiger partial charge on any atom is -0.532 e. The second-order valence-electron chi connectivity index (χ2n) is 3.48. The molecule has 0 heterocycles. The Morgan fingerprint density at radius 2 is 1.17 bits per heavy atom. The minimum absolute atomic E-state index is 0. The standard InChI is InChI=1S/2C6H5.Al.ClH2OSi.2ClH/c2*1-2-4-6-5-3-1;;1-3-2;;/h2*1-5H;;3H2;2*1H/q;;+1;-1;;. The molecule has 0 atom stereocenters. The molecule has 2 rings (SSSR count). The van der Waals surface area contributed by atoms with Crippen molar-refractivity contribution in [2.24, 2.45) is 0 Å². The molecule has 0 spiro atoms. The summed E-state index contributed by atoms with van der Waals surface area (Å²) in [4.78, 5) is 0. The maximum absolute atomic E-state index is 5.86. The molecule has 0 saturated carbocycles. The number of rotatable bonds is 4. The number of hydrogen-bond acceptors (Lipinski definition) is 1. The molecular weight excluding hydrogens is 322 g/mol. The summed E-state index contributed by atoms with van der Waals surface area (Å²) in [6.45, 7) is 0. The second-order valence-corrected chi connectivity index (χ2v) is 7.78. The van der Waals surface area contributed by atoms with Crippen LogP contribution >= 0.6 is 35.9 Å². The molecule has 0 radical (unpaired) electrons. The highest BCUT2D eigenvalue weighted by Gasteiger charge is 2.24. The summed E-state index contributed by atoms with van der Waals surface area (Å²) in [5, 5.41) is 0. The van der Waals surface area contributed by atoms with E-state index in [0.717, 1.165) is 0 Å². The van der Waals surface area contributed by atoms with E-state index in [9.17, 15) is 0 Å². The van der Waals surface area contributed by atoms with Gasteiger partial charge in [-0.2, -0.15) is 0 Å². The van der Waals surface area contributed by atoms with E-state index in [4.69, 9.17) is 14.6 Å². The molecule has 0 saturated heterocycles. The van der Waals surface area contributed by atoms with Crippen LogP contribution in [-0.2, 0) is 3.48 Å². The summed E-state index contributed by atoms with van der Waals surface area (Å²) in [7, 11) is -0.887. The molecule has 18 heavy (non-hydrogen) atoms. The Morgan fingerprint density at radius 3 is 1.50 bits per heavy atom. The van der Waals surface area contributed by atoms with E-state index in [-0.39, 0.29) is 24.8 Å². The van der Waals surface area contributed by atoms with Crippen molar-refractivity contribution in [2.45, 2.75) is 0 Å². The van der Waals surface area contributed by atoms with E-state index in [1.54, 1.807) is 0 Å². The van der Waals surface area contributed by atoms with Crippen LogP contribution in [0.2, 0.25) is 0 Å². The van der Waals surface area contributed by atoms with Crippen LogP contribution in [0.5, 0.6) is 0 Å². The molecule has 1 nitrogen and oxygen atoms in total. The normalized spacial score (nSPS) is 9.61. The maximum Gasteiger partial charge on any atom is 0.533 e. The Morgan fingerprint density at radius 1 is 0.778 bits per heavy atom. The lowest BCUT2D eigenvalue weighted by molar-refractivity contribution is 0.654. The first kappa shape index (κ1) is 18.0. The summed E-state index contributed by atoms with van der Waals surface area (Å²) < 4.78 is 8.44. The van der Waals surface area contributed by atoms with Crippen LogP contribution in [0.25, 0.3) is 0 Å².